The first-order chi connectivity index (χ1) is 22.4. The molecule has 2 bridgehead atoms. The highest BCUT2D eigenvalue weighted by molar-refractivity contribution is 6.44. The van der Waals surface area contributed by atoms with Crippen molar-refractivity contribution in [2.75, 3.05) is 26.7 Å². The van der Waals surface area contributed by atoms with E-state index in [1.54, 1.807) is 6.92 Å². The molecule has 3 saturated heterocycles. The zero-order chi connectivity index (χ0) is 35.1. The van der Waals surface area contributed by atoms with Crippen LogP contribution in [0.4, 0.5) is 35.5 Å². The fourth-order valence-electron chi connectivity index (χ4n) is 7.29. The first-order valence-corrected chi connectivity index (χ1v) is 15.6. The van der Waals surface area contributed by atoms with Gasteiger partial charge in [0.2, 0.25) is 7.28 Å². The number of hydrogen-bond donors (Lipinski definition) is 1. The minimum absolute atomic E-state index is 0.0382. The molecule has 0 spiro atoms. The number of aliphatic hydroxyl groups excluding tert-OH is 1. The zero-order valence-corrected chi connectivity index (χ0v) is 26.6. The summed E-state index contributed by atoms with van der Waals surface area (Å²) in [6, 6.07) is 3.90. The predicted molar refractivity (Wildman–Crippen MR) is 161 cm³/mol. The number of nitrogens with zero attached hydrogens (tertiary/aromatic N) is 3. The molecule has 0 aliphatic carbocycles. The van der Waals surface area contributed by atoms with Crippen LogP contribution in [-0.2, 0) is 33.5 Å². The number of carbonyl (C=O) groups excluding carboxylic acids is 1. The van der Waals surface area contributed by atoms with Crippen LogP contribution in [0.5, 0.6) is 0 Å². The second-order valence-corrected chi connectivity index (χ2v) is 13.1. The summed E-state index contributed by atoms with van der Waals surface area (Å²) in [7, 11) is 1.77. The number of hydroxylamine groups is 2. The van der Waals surface area contributed by atoms with Crippen molar-refractivity contribution < 1.29 is 55.2 Å². The molecule has 3 aliphatic rings. The summed E-state index contributed by atoms with van der Waals surface area (Å²) >= 11 is 0. The molecular formula is C32H37BF7N3O5. The molecule has 2 aromatic carbocycles. The fourth-order valence-corrected chi connectivity index (χ4v) is 7.29. The molecule has 8 nitrogen and oxygen atoms in total. The number of benzene rings is 2. The van der Waals surface area contributed by atoms with E-state index in [0.29, 0.717) is 43.4 Å². The summed E-state index contributed by atoms with van der Waals surface area (Å²) in [5.41, 5.74) is -3.48. The molecular weight excluding hydrogens is 650 g/mol. The van der Waals surface area contributed by atoms with Crippen LogP contribution in [0.1, 0.15) is 72.4 Å². The Hall–Kier alpha value is -3.50. The minimum atomic E-state index is -5.03. The number of rotatable bonds is 8. The van der Waals surface area contributed by atoms with E-state index in [2.05, 4.69) is 6.58 Å². The number of amides is 2. The quantitative estimate of drug-likeness (QED) is 0.104. The van der Waals surface area contributed by atoms with Crippen molar-refractivity contribution in [2.45, 2.75) is 81.4 Å². The van der Waals surface area contributed by atoms with Crippen LogP contribution in [-0.4, -0.2) is 71.0 Å². The fraction of sp³-hybridized carbons (Fsp3) is 0.531. The molecule has 48 heavy (non-hydrogen) atoms. The number of piperazine rings is 1. The van der Waals surface area contributed by atoms with Gasteiger partial charge in [-0.05, 0) is 99.0 Å². The van der Waals surface area contributed by atoms with Crippen LogP contribution in [0.25, 0.3) is 0 Å². The van der Waals surface area contributed by atoms with Gasteiger partial charge in [0.1, 0.15) is 5.82 Å². The Kier molecular flexibility index (Phi) is 10.0. The van der Waals surface area contributed by atoms with Gasteiger partial charge < -0.3 is 19.6 Å². The van der Waals surface area contributed by atoms with Crippen LogP contribution in [0.15, 0.2) is 48.9 Å². The van der Waals surface area contributed by atoms with Crippen molar-refractivity contribution >= 4 is 13.3 Å². The number of ether oxygens (including phenoxy) is 1. The third kappa shape index (κ3) is 8.03. The van der Waals surface area contributed by atoms with Gasteiger partial charge >= 0.3 is 18.4 Å². The molecule has 1 atom stereocenters. The van der Waals surface area contributed by atoms with E-state index in [1.807, 2.05) is 0 Å². The van der Waals surface area contributed by atoms with Gasteiger partial charge in [0.25, 0.3) is 5.95 Å². The van der Waals surface area contributed by atoms with Crippen molar-refractivity contribution in [3.8, 4) is 0 Å². The first-order valence-electron chi connectivity index (χ1n) is 15.6. The molecule has 2 amide bonds. The van der Waals surface area contributed by atoms with Crippen LogP contribution in [0.2, 0.25) is 0 Å². The molecule has 2 aromatic rings. The molecule has 3 fully saturated rings. The maximum atomic E-state index is 14.1. The van der Waals surface area contributed by atoms with Crippen LogP contribution >= 0.6 is 0 Å². The Labute approximate surface area is 274 Å². The highest BCUT2D eigenvalue weighted by Crippen LogP contribution is 2.45. The van der Waals surface area contributed by atoms with Gasteiger partial charge in [-0.15, -0.1) is 4.99 Å². The van der Waals surface area contributed by atoms with Crippen LogP contribution in [0, 0.1) is 12.7 Å². The number of alkyl halides is 6. The van der Waals surface area contributed by atoms with Gasteiger partial charge in [-0.3, -0.25) is 0 Å². The third-order valence-electron chi connectivity index (χ3n) is 9.40. The number of hydrogen-bond acceptors (Lipinski definition) is 6. The number of halogens is 7. The van der Waals surface area contributed by atoms with E-state index < -0.39 is 58.9 Å². The molecule has 1 N–H and O–H groups in total. The lowest BCUT2D eigenvalue weighted by atomic mass is 9.38. The Bertz CT molecular complexity index is 1480. The maximum absolute atomic E-state index is 14.1. The molecule has 5 rings (SSSR count). The summed E-state index contributed by atoms with van der Waals surface area (Å²) in [6.45, 7) is 4.88. The van der Waals surface area contributed by atoms with E-state index in [0.717, 1.165) is 30.6 Å². The smallest absolute Gasteiger partial charge is 0.416 e. The monoisotopic (exact) mass is 687 g/mol. The Morgan fingerprint density at radius 1 is 1.00 bits per heavy atom. The van der Waals surface area contributed by atoms with Crippen molar-refractivity contribution in [1.82, 2.24) is 14.9 Å². The Morgan fingerprint density at radius 2 is 1.60 bits per heavy atom. The average molecular weight is 687 g/mol. The lowest BCUT2D eigenvalue weighted by Gasteiger charge is -2.50. The van der Waals surface area contributed by atoms with E-state index in [1.165, 1.54) is 35.2 Å². The second kappa shape index (κ2) is 13.4. The topological polar surface area (TPSA) is 74.7 Å². The van der Waals surface area contributed by atoms with Crippen LogP contribution < -0.4 is 0 Å². The Morgan fingerprint density at radius 3 is 2.17 bits per heavy atom. The molecule has 0 aromatic heterocycles. The average Bonchev–Trinajstić information content (AvgIpc) is 2.98. The summed E-state index contributed by atoms with van der Waals surface area (Å²) in [5, 5.41) is 11.3. The summed E-state index contributed by atoms with van der Waals surface area (Å²) in [4.78, 5) is 28.3. The van der Waals surface area contributed by atoms with E-state index in [9.17, 15) is 40.6 Å². The molecule has 3 heterocycles. The number of fused-ring (bicyclic) bond motifs is 2. The number of carbonyl (C=O) groups is 1. The molecule has 262 valence electrons. The summed E-state index contributed by atoms with van der Waals surface area (Å²) in [5.74, 6) is -0.848. The van der Waals surface area contributed by atoms with Gasteiger partial charge in [-0.25, -0.2) is 14.1 Å². The van der Waals surface area contributed by atoms with Crippen molar-refractivity contribution in [1.29, 1.82) is 0 Å². The van der Waals surface area contributed by atoms with E-state index in [4.69, 9.17) is 14.6 Å². The van der Waals surface area contributed by atoms with Crippen molar-refractivity contribution in [3.05, 3.63) is 82.6 Å². The normalized spacial score (nSPS) is 24.9. The second-order valence-electron chi connectivity index (χ2n) is 13.1. The molecule has 3 aliphatic heterocycles. The van der Waals surface area contributed by atoms with Gasteiger partial charge in [0, 0.05) is 26.7 Å². The third-order valence-corrected chi connectivity index (χ3v) is 9.40. The maximum Gasteiger partial charge on any atom is 0.416 e. The highest BCUT2D eigenvalue weighted by atomic mass is 19.4. The van der Waals surface area contributed by atoms with E-state index in [-0.39, 0.29) is 37.2 Å². The lowest BCUT2D eigenvalue weighted by Crippen LogP contribution is -2.60. The van der Waals surface area contributed by atoms with Gasteiger partial charge in [-0.2, -0.15) is 31.4 Å². The lowest BCUT2D eigenvalue weighted by molar-refractivity contribution is -0.463. The molecule has 16 heteroatoms. The number of urea groups is 1. The molecule has 0 radical (unpaired) electrons. The predicted octanol–water partition coefficient (Wildman–Crippen LogP) is 7.19. The standard InChI is InChI=1S/C32H37BF7N3O5/c1-20-14-25(34)6-7-26(20)27-19-42(48-47-30-10-4-8-29(33-30,9-5-11-30)46-21(2)44)12-13-43(27)28(45)41(3)18-22-15-23(31(35,36)37)17-24(16-22)32(38,39)40/h6-7,14-17,27,33,44H,2,4-5,8-13,18-19H2,1,3H3/t27-,29?,30?/m1/s1. The molecule has 0 saturated carbocycles. The summed E-state index contributed by atoms with van der Waals surface area (Å²) in [6.07, 6.45) is -5.64. The number of aliphatic hydroxyl groups is 1. The highest BCUT2D eigenvalue weighted by Gasteiger charge is 2.53. The zero-order valence-electron chi connectivity index (χ0n) is 26.6. The Balaban J connectivity index is 1.34. The minimum Gasteiger partial charge on any atom is -0.481 e. The first kappa shape index (κ1) is 35.8. The van der Waals surface area contributed by atoms with Gasteiger partial charge in [0.05, 0.1) is 34.7 Å². The van der Waals surface area contributed by atoms with Crippen molar-refractivity contribution in [3.63, 3.8) is 0 Å². The van der Waals surface area contributed by atoms with Gasteiger partial charge in [-0.1, -0.05) is 6.07 Å². The SMILES string of the molecule is C=C(O)OC12BC(OON3CCN(C(=O)N(C)Cc4cc(C(F)(F)F)cc(C(F)(F)F)c4)[C@@H](c4ccc(F)cc4C)C3)(CCC1)CCC2. The van der Waals surface area contributed by atoms with E-state index >= 15 is 0 Å². The van der Waals surface area contributed by atoms with Gasteiger partial charge in [0.15, 0.2) is 0 Å². The molecule has 0 unspecified atom stereocenters. The largest absolute Gasteiger partial charge is 0.481 e. The number of aryl methyl sites for hydroxylation is 1. The van der Waals surface area contributed by atoms with Crippen LogP contribution in [0.3, 0.4) is 0 Å². The summed E-state index contributed by atoms with van der Waals surface area (Å²) < 4.78 is 101. The van der Waals surface area contributed by atoms with Crippen molar-refractivity contribution in [2.24, 2.45) is 0 Å².